The second-order valence-corrected chi connectivity index (χ2v) is 6.33. The second-order valence-electron chi connectivity index (χ2n) is 5.39. The minimum Gasteiger partial charge on any atom is -0.387 e. The standard InChI is InChI=1S/C17H17N3O3S/c1-12-4-6-13(7-5-12)11-18-15(21)8-9-20-17(22)23-16(19-20)14-3-2-10-24-14/h2-7,10H,8-9,11H2,1H3,(H,18,21). The van der Waals surface area contributed by atoms with Gasteiger partial charge in [0.15, 0.2) is 0 Å². The molecule has 1 N–H and O–H groups in total. The smallest absolute Gasteiger partial charge is 0.387 e. The summed E-state index contributed by atoms with van der Waals surface area (Å²) in [7, 11) is 0. The number of benzene rings is 1. The summed E-state index contributed by atoms with van der Waals surface area (Å²) in [6.07, 6.45) is 0.169. The average molecular weight is 343 g/mol. The van der Waals surface area contributed by atoms with Crippen molar-refractivity contribution in [1.29, 1.82) is 0 Å². The van der Waals surface area contributed by atoms with E-state index in [2.05, 4.69) is 10.4 Å². The predicted octanol–water partition coefficient (Wildman–Crippen LogP) is 2.58. The van der Waals surface area contributed by atoms with E-state index in [1.165, 1.54) is 21.6 Å². The van der Waals surface area contributed by atoms with Crippen molar-refractivity contribution in [1.82, 2.24) is 15.1 Å². The fraction of sp³-hybridized carbons (Fsp3) is 0.235. The molecule has 0 aliphatic rings. The van der Waals surface area contributed by atoms with Crippen molar-refractivity contribution in [2.24, 2.45) is 0 Å². The molecule has 0 saturated carbocycles. The van der Waals surface area contributed by atoms with Gasteiger partial charge >= 0.3 is 5.76 Å². The lowest BCUT2D eigenvalue weighted by molar-refractivity contribution is -0.121. The monoisotopic (exact) mass is 343 g/mol. The van der Waals surface area contributed by atoms with Gasteiger partial charge in [0.2, 0.25) is 5.91 Å². The summed E-state index contributed by atoms with van der Waals surface area (Å²) in [4.78, 5) is 24.5. The third-order valence-electron chi connectivity index (χ3n) is 3.50. The van der Waals surface area contributed by atoms with Crippen LogP contribution in [0.4, 0.5) is 0 Å². The van der Waals surface area contributed by atoms with Gasteiger partial charge in [0, 0.05) is 13.0 Å². The second kappa shape index (κ2) is 7.27. The summed E-state index contributed by atoms with van der Waals surface area (Å²) >= 11 is 1.44. The van der Waals surface area contributed by atoms with Crippen molar-refractivity contribution in [2.45, 2.75) is 26.4 Å². The first-order valence-electron chi connectivity index (χ1n) is 7.56. The van der Waals surface area contributed by atoms with E-state index in [4.69, 9.17) is 4.42 Å². The Bertz CT molecular complexity index is 863. The highest BCUT2D eigenvalue weighted by Crippen LogP contribution is 2.20. The number of aromatic nitrogens is 2. The molecule has 0 radical (unpaired) electrons. The SMILES string of the molecule is Cc1ccc(CNC(=O)CCn2nc(-c3cccs3)oc2=O)cc1. The zero-order valence-corrected chi connectivity index (χ0v) is 14.0. The molecule has 24 heavy (non-hydrogen) atoms. The van der Waals surface area contributed by atoms with E-state index in [1.54, 1.807) is 0 Å². The number of nitrogens with zero attached hydrogens (tertiary/aromatic N) is 2. The van der Waals surface area contributed by atoms with E-state index in [0.717, 1.165) is 10.4 Å². The van der Waals surface area contributed by atoms with Crippen LogP contribution < -0.4 is 11.1 Å². The van der Waals surface area contributed by atoms with Crippen molar-refractivity contribution in [3.8, 4) is 10.8 Å². The van der Waals surface area contributed by atoms with Gasteiger partial charge in [-0.2, -0.15) is 4.68 Å². The van der Waals surface area contributed by atoms with Gasteiger partial charge in [-0.05, 0) is 23.9 Å². The molecule has 0 atom stereocenters. The average Bonchev–Trinajstić information content (AvgIpc) is 3.22. The van der Waals surface area contributed by atoms with Crippen LogP contribution in [-0.2, 0) is 17.9 Å². The number of hydrogen-bond acceptors (Lipinski definition) is 5. The van der Waals surface area contributed by atoms with E-state index in [-0.39, 0.29) is 24.8 Å². The number of amides is 1. The molecule has 6 nitrogen and oxygen atoms in total. The quantitative estimate of drug-likeness (QED) is 0.746. The molecule has 0 saturated heterocycles. The van der Waals surface area contributed by atoms with Crippen LogP contribution in [-0.4, -0.2) is 15.7 Å². The van der Waals surface area contributed by atoms with E-state index in [0.29, 0.717) is 6.54 Å². The number of thiophene rings is 1. The number of rotatable bonds is 6. The molecule has 2 aromatic heterocycles. The number of nitrogens with one attached hydrogen (secondary N) is 1. The molecule has 7 heteroatoms. The first kappa shape index (κ1) is 16.2. The molecule has 0 bridgehead atoms. The van der Waals surface area contributed by atoms with Crippen LogP contribution in [0.25, 0.3) is 10.8 Å². The number of carbonyl (C=O) groups excluding carboxylic acids is 1. The van der Waals surface area contributed by atoms with Crippen molar-refractivity contribution >= 4 is 17.2 Å². The van der Waals surface area contributed by atoms with Gasteiger partial charge in [0.25, 0.3) is 5.89 Å². The van der Waals surface area contributed by atoms with E-state index in [9.17, 15) is 9.59 Å². The maximum absolute atomic E-state index is 11.9. The topological polar surface area (TPSA) is 77.1 Å². The third-order valence-corrected chi connectivity index (χ3v) is 4.36. The molecule has 3 rings (SSSR count). The maximum atomic E-state index is 11.9. The Labute approximate surface area is 142 Å². The third kappa shape index (κ3) is 3.99. The molecule has 0 aliphatic heterocycles. The van der Waals surface area contributed by atoms with E-state index < -0.39 is 5.76 Å². The molecule has 124 valence electrons. The Hall–Kier alpha value is -2.67. The summed E-state index contributed by atoms with van der Waals surface area (Å²) in [6.45, 7) is 2.67. The molecule has 0 fully saturated rings. The minimum atomic E-state index is -0.551. The highest BCUT2D eigenvalue weighted by atomic mass is 32.1. The molecule has 0 spiro atoms. The highest BCUT2D eigenvalue weighted by Gasteiger charge is 2.12. The Kier molecular flexibility index (Phi) is 4.90. The molecular weight excluding hydrogens is 326 g/mol. The zero-order valence-electron chi connectivity index (χ0n) is 13.2. The summed E-state index contributed by atoms with van der Waals surface area (Å²) in [5.74, 6) is -0.400. The number of carbonyl (C=O) groups is 1. The zero-order chi connectivity index (χ0) is 16.9. The molecule has 1 amide bonds. The predicted molar refractivity (Wildman–Crippen MR) is 91.7 cm³/mol. The Morgan fingerprint density at radius 1 is 1.29 bits per heavy atom. The summed E-state index contributed by atoms with van der Waals surface area (Å²) < 4.78 is 6.29. The fourth-order valence-corrected chi connectivity index (χ4v) is 2.79. The lowest BCUT2D eigenvalue weighted by Gasteiger charge is -2.05. The van der Waals surface area contributed by atoms with Crippen molar-refractivity contribution in [2.75, 3.05) is 0 Å². The van der Waals surface area contributed by atoms with Crippen LogP contribution in [0, 0.1) is 6.92 Å². The first-order chi connectivity index (χ1) is 11.6. The van der Waals surface area contributed by atoms with Crippen LogP contribution in [0.3, 0.4) is 0 Å². The van der Waals surface area contributed by atoms with Gasteiger partial charge in [-0.25, -0.2) is 4.79 Å². The van der Waals surface area contributed by atoms with Gasteiger partial charge < -0.3 is 9.73 Å². The lowest BCUT2D eigenvalue weighted by atomic mass is 10.1. The summed E-state index contributed by atoms with van der Waals surface area (Å²) in [5.41, 5.74) is 2.21. The summed E-state index contributed by atoms with van der Waals surface area (Å²) in [6, 6.07) is 11.6. The van der Waals surface area contributed by atoms with Gasteiger partial charge in [-0.15, -0.1) is 16.4 Å². The fourth-order valence-electron chi connectivity index (χ4n) is 2.15. The first-order valence-corrected chi connectivity index (χ1v) is 8.44. The molecule has 3 aromatic rings. The van der Waals surface area contributed by atoms with Crippen LogP contribution >= 0.6 is 11.3 Å². The van der Waals surface area contributed by atoms with Gasteiger partial charge in [0.1, 0.15) is 0 Å². The Morgan fingerprint density at radius 3 is 2.79 bits per heavy atom. The minimum absolute atomic E-state index is 0.136. The lowest BCUT2D eigenvalue weighted by Crippen LogP contribution is -2.26. The van der Waals surface area contributed by atoms with E-state index in [1.807, 2.05) is 48.7 Å². The Balaban J connectivity index is 1.53. The van der Waals surface area contributed by atoms with E-state index >= 15 is 0 Å². The van der Waals surface area contributed by atoms with Crippen LogP contribution in [0.5, 0.6) is 0 Å². The summed E-state index contributed by atoms with van der Waals surface area (Å²) in [5, 5.41) is 8.83. The highest BCUT2D eigenvalue weighted by molar-refractivity contribution is 7.13. The van der Waals surface area contributed by atoms with Crippen LogP contribution in [0.1, 0.15) is 17.5 Å². The van der Waals surface area contributed by atoms with Crippen LogP contribution in [0.15, 0.2) is 51.0 Å². The van der Waals surface area contributed by atoms with Gasteiger partial charge in [-0.1, -0.05) is 35.9 Å². The van der Waals surface area contributed by atoms with Gasteiger partial charge in [0.05, 0.1) is 11.4 Å². The maximum Gasteiger partial charge on any atom is 0.437 e. The van der Waals surface area contributed by atoms with Crippen molar-refractivity contribution < 1.29 is 9.21 Å². The molecule has 0 unspecified atom stereocenters. The number of aryl methyl sites for hydroxylation is 2. The molecule has 1 aromatic carbocycles. The Morgan fingerprint density at radius 2 is 2.08 bits per heavy atom. The normalized spacial score (nSPS) is 10.7. The molecule has 2 heterocycles. The largest absolute Gasteiger partial charge is 0.437 e. The van der Waals surface area contributed by atoms with Crippen molar-refractivity contribution in [3.63, 3.8) is 0 Å². The van der Waals surface area contributed by atoms with Crippen molar-refractivity contribution in [3.05, 3.63) is 63.5 Å². The molecule has 0 aliphatic carbocycles. The van der Waals surface area contributed by atoms with Crippen LogP contribution in [0.2, 0.25) is 0 Å². The molecular formula is C17H17N3O3S. The number of hydrogen-bond donors (Lipinski definition) is 1. The van der Waals surface area contributed by atoms with Gasteiger partial charge in [-0.3, -0.25) is 4.79 Å².